The zero-order chi connectivity index (χ0) is 26.6. The highest BCUT2D eigenvalue weighted by molar-refractivity contribution is 7.14. The molecule has 0 aliphatic carbocycles. The number of nitrogens with zero attached hydrogens (tertiary/aromatic N) is 2. The van der Waals surface area contributed by atoms with Crippen LogP contribution in [0.5, 0.6) is 0 Å². The molecule has 0 spiro atoms. The zero-order valence-electron chi connectivity index (χ0n) is 19.5. The summed E-state index contributed by atoms with van der Waals surface area (Å²) in [6.45, 7) is 5.69. The van der Waals surface area contributed by atoms with Gasteiger partial charge >= 0.3 is 24.2 Å². The van der Waals surface area contributed by atoms with Gasteiger partial charge in [0, 0.05) is 18.0 Å². The topological polar surface area (TPSA) is 94.8 Å². The van der Waals surface area contributed by atoms with E-state index in [9.17, 15) is 31.5 Å². The van der Waals surface area contributed by atoms with Crippen molar-refractivity contribution >= 4 is 28.5 Å². The average Bonchev–Trinajstić information content (AvgIpc) is 3.21. The number of ether oxygens (including phenoxy) is 2. The van der Waals surface area contributed by atoms with Crippen LogP contribution in [0.2, 0.25) is 0 Å². The molecule has 0 saturated heterocycles. The first-order chi connectivity index (χ1) is 16.0. The van der Waals surface area contributed by atoms with Gasteiger partial charge in [0.1, 0.15) is 11.3 Å². The maximum atomic E-state index is 14.4. The second kappa shape index (κ2) is 10.9. The molecule has 0 aliphatic heterocycles. The first kappa shape index (κ1) is 28.4. The summed E-state index contributed by atoms with van der Waals surface area (Å²) in [4.78, 5) is 29.1. The Morgan fingerprint density at radius 2 is 1.71 bits per heavy atom. The molecule has 0 saturated carbocycles. The van der Waals surface area contributed by atoms with Gasteiger partial charge in [-0.25, -0.2) is 14.6 Å². The van der Waals surface area contributed by atoms with E-state index in [1.807, 2.05) is 0 Å². The van der Waals surface area contributed by atoms with E-state index in [2.05, 4.69) is 9.72 Å². The third-order valence-corrected chi connectivity index (χ3v) is 5.25. The van der Waals surface area contributed by atoms with Crippen molar-refractivity contribution in [2.45, 2.75) is 57.9 Å². The Morgan fingerprint density at radius 1 is 1.11 bits per heavy atom. The maximum absolute atomic E-state index is 14.4. The number of hydrogen-bond donors (Lipinski definition) is 1. The van der Waals surface area contributed by atoms with Gasteiger partial charge in [-0.15, -0.1) is 11.3 Å². The van der Waals surface area contributed by atoms with Crippen molar-refractivity contribution in [2.75, 3.05) is 18.1 Å². The number of amides is 1. The molecule has 2 aromatic rings. The lowest BCUT2D eigenvalue weighted by Gasteiger charge is -2.27. The van der Waals surface area contributed by atoms with Crippen molar-refractivity contribution in [2.24, 2.45) is 5.73 Å². The first-order valence-electron chi connectivity index (χ1n) is 10.5. The predicted octanol–water partition coefficient (Wildman–Crippen LogP) is 5.13. The van der Waals surface area contributed by atoms with Gasteiger partial charge in [-0.1, -0.05) is 12.1 Å². The Hall–Kier alpha value is -2.80. The molecule has 0 aliphatic rings. The van der Waals surface area contributed by atoms with Crippen LogP contribution in [0, 0.1) is 0 Å². The predicted molar refractivity (Wildman–Crippen MR) is 119 cm³/mol. The number of rotatable bonds is 8. The number of thiazole rings is 1. The fourth-order valence-corrected chi connectivity index (χ4v) is 3.68. The van der Waals surface area contributed by atoms with Crippen molar-refractivity contribution in [1.82, 2.24) is 4.98 Å². The Labute approximate surface area is 203 Å². The van der Waals surface area contributed by atoms with Gasteiger partial charge in [0.25, 0.3) is 0 Å². The number of nitrogens with two attached hydrogens (primary N) is 1. The van der Waals surface area contributed by atoms with Gasteiger partial charge in [0.05, 0.1) is 12.2 Å². The molecule has 13 heteroatoms. The van der Waals surface area contributed by atoms with Crippen molar-refractivity contribution in [3.05, 3.63) is 46.5 Å². The fraction of sp³-hybridized carbons (Fsp3) is 0.500. The lowest BCUT2D eigenvalue weighted by molar-refractivity contribution is -0.173. The Morgan fingerprint density at radius 3 is 2.23 bits per heavy atom. The molecular formula is C22H26F5N3O4S. The minimum absolute atomic E-state index is 0.0780. The van der Waals surface area contributed by atoms with Gasteiger partial charge in [0.2, 0.25) is 0 Å². The standard InChI is InChI=1S/C22H26F5N3O4S/c1-5-33-17(31)21(23,24)16-12-35-18(29-16)30(19(32)34-20(2,3)4)11-15(28)10-13-6-8-14(9-7-13)22(25,26)27/h6-9,12,15H,5,10-11,28H2,1-4H3/t15-/m0/s1. The van der Waals surface area contributed by atoms with Crippen molar-refractivity contribution in [3.8, 4) is 0 Å². The van der Waals surface area contributed by atoms with Crippen molar-refractivity contribution < 1.29 is 41.0 Å². The normalized spacial score (nSPS) is 13.3. The van der Waals surface area contributed by atoms with Crippen LogP contribution in [-0.2, 0) is 32.8 Å². The van der Waals surface area contributed by atoms with Crippen LogP contribution in [0.1, 0.15) is 44.5 Å². The van der Waals surface area contributed by atoms with Gasteiger partial charge in [-0.2, -0.15) is 22.0 Å². The molecule has 7 nitrogen and oxygen atoms in total. The monoisotopic (exact) mass is 523 g/mol. The molecule has 1 atom stereocenters. The van der Waals surface area contributed by atoms with E-state index in [0.717, 1.165) is 22.4 Å². The number of hydrogen-bond acceptors (Lipinski definition) is 7. The lowest BCUT2D eigenvalue weighted by Crippen LogP contribution is -2.44. The Kier molecular flexibility index (Phi) is 8.82. The molecule has 2 rings (SSSR count). The van der Waals surface area contributed by atoms with Gasteiger partial charge in [-0.3, -0.25) is 4.90 Å². The highest BCUT2D eigenvalue weighted by Crippen LogP contribution is 2.34. The summed E-state index contributed by atoms with van der Waals surface area (Å²) < 4.78 is 76.8. The fourth-order valence-electron chi connectivity index (χ4n) is 2.84. The number of carbonyl (C=O) groups excluding carboxylic acids is 2. The van der Waals surface area contributed by atoms with Crippen LogP contribution >= 0.6 is 11.3 Å². The number of carbonyl (C=O) groups is 2. The summed E-state index contributed by atoms with van der Waals surface area (Å²) in [5.41, 5.74) is 3.96. The van der Waals surface area contributed by atoms with Gasteiger partial charge < -0.3 is 15.2 Å². The third kappa shape index (κ3) is 7.85. The molecule has 1 heterocycles. The number of alkyl halides is 5. The van der Waals surface area contributed by atoms with Crippen LogP contribution in [-0.4, -0.2) is 41.8 Å². The Balaban J connectivity index is 2.26. The van der Waals surface area contributed by atoms with Crippen LogP contribution in [0.4, 0.5) is 31.9 Å². The quantitative estimate of drug-likeness (QED) is 0.381. The summed E-state index contributed by atoms with van der Waals surface area (Å²) in [5.74, 6) is -5.81. The van der Waals surface area contributed by atoms with Gasteiger partial charge in [0.15, 0.2) is 5.13 Å². The molecule has 0 radical (unpaired) electrons. The van der Waals surface area contributed by atoms with E-state index in [-0.39, 0.29) is 24.7 Å². The molecule has 0 fully saturated rings. The largest absolute Gasteiger partial charge is 0.461 e. The molecule has 0 unspecified atom stereocenters. The van der Waals surface area contributed by atoms with E-state index >= 15 is 0 Å². The molecule has 1 aromatic carbocycles. The van der Waals surface area contributed by atoms with Gasteiger partial charge in [-0.05, 0) is 51.8 Å². The lowest BCUT2D eigenvalue weighted by atomic mass is 10.0. The molecule has 0 bridgehead atoms. The highest BCUT2D eigenvalue weighted by Gasteiger charge is 2.45. The molecule has 1 amide bonds. The minimum Gasteiger partial charge on any atom is -0.461 e. The minimum atomic E-state index is -4.48. The van der Waals surface area contributed by atoms with Crippen LogP contribution < -0.4 is 10.6 Å². The van der Waals surface area contributed by atoms with E-state index in [0.29, 0.717) is 16.9 Å². The number of anilines is 1. The van der Waals surface area contributed by atoms with E-state index in [4.69, 9.17) is 10.5 Å². The first-order valence-corrected chi connectivity index (χ1v) is 11.4. The SMILES string of the molecule is CCOC(=O)C(F)(F)c1csc(N(C[C@@H](N)Cc2ccc(C(F)(F)F)cc2)C(=O)OC(C)(C)C)n1. The van der Waals surface area contributed by atoms with Crippen LogP contribution in [0.3, 0.4) is 0 Å². The van der Waals surface area contributed by atoms with Crippen LogP contribution in [0.25, 0.3) is 0 Å². The summed E-state index contributed by atoms with van der Waals surface area (Å²) in [7, 11) is 0. The summed E-state index contributed by atoms with van der Waals surface area (Å²) in [6.07, 6.45) is -5.32. The van der Waals surface area contributed by atoms with E-state index < -0.39 is 47.1 Å². The van der Waals surface area contributed by atoms with E-state index in [1.165, 1.54) is 19.1 Å². The number of aromatic nitrogens is 1. The van der Waals surface area contributed by atoms with Crippen molar-refractivity contribution in [1.29, 1.82) is 0 Å². The summed E-state index contributed by atoms with van der Waals surface area (Å²) >= 11 is 0.673. The molecule has 1 aromatic heterocycles. The third-order valence-electron chi connectivity index (χ3n) is 4.39. The number of halogens is 5. The zero-order valence-corrected chi connectivity index (χ0v) is 20.3. The second-order valence-corrected chi connectivity index (χ2v) is 9.40. The number of benzene rings is 1. The number of esters is 1. The second-order valence-electron chi connectivity index (χ2n) is 8.56. The molecule has 35 heavy (non-hydrogen) atoms. The molecule has 194 valence electrons. The van der Waals surface area contributed by atoms with E-state index in [1.54, 1.807) is 20.8 Å². The van der Waals surface area contributed by atoms with Crippen molar-refractivity contribution in [3.63, 3.8) is 0 Å². The smallest absolute Gasteiger partial charge is 0.416 e. The highest BCUT2D eigenvalue weighted by atomic mass is 32.1. The maximum Gasteiger partial charge on any atom is 0.416 e. The summed E-state index contributed by atoms with van der Waals surface area (Å²) in [5, 5.41) is 0.728. The van der Waals surface area contributed by atoms with Crippen LogP contribution in [0.15, 0.2) is 29.6 Å². The molecular weight excluding hydrogens is 497 g/mol. The Bertz CT molecular complexity index is 1020. The molecule has 2 N–H and O–H groups in total. The average molecular weight is 524 g/mol. The summed E-state index contributed by atoms with van der Waals surface area (Å²) in [6, 6.07) is 3.55.